The topological polar surface area (TPSA) is 16.4 Å². The summed E-state index contributed by atoms with van der Waals surface area (Å²) in [6.07, 6.45) is 1.84. The molecule has 0 fully saturated rings. The Balaban J connectivity index is 1.85. The van der Waals surface area contributed by atoms with Crippen molar-refractivity contribution in [2.75, 3.05) is 4.90 Å². The third kappa shape index (κ3) is 1.48. The first-order valence-electron chi connectivity index (χ1n) is 8.69. The van der Waals surface area contributed by atoms with E-state index in [1.807, 2.05) is 17.6 Å². The minimum atomic E-state index is 0.106. The van der Waals surface area contributed by atoms with Crippen molar-refractivity contribution in [1.29, 1.82) is 0 Å². The van der Waals surface area contributed by atoms with Crippen molar-refractivity contribution in [2.45, 2.75) is 52.6 Å². The molecular formula is C21H23NOS. The quantitative estimate of drug-likeness (QED) is 0.487. The molecule has 0 radical (unpaired) electrons. The van der Waals surface area contributed by atoms with Crippen LogP contribution in [0.4, 0.5) is 5.69 Å². The zero-order valence-corrected chi connectivity index (χ0v) is 15.8. The highest BCUT2D eigenvalue weighted by Crippen LogP contribution is 2.64. The van der Waals surface area contributed by atoms with Gasteiger partial charge in [0, 0.05) is 21.5 Å². The normalized spacial score (nSPS) is 23.2. The molecule has 0 bridgehead atoms. The molecule has 5 rings (SSSR count). The van der Waals surface area contributed by atoms with Crippen LogP contribution in [0.15, 0.2) is 34.9 Å². The van der Waals surface area contributed by atoms with Crippen LogP contribution in [0.1, 0.15) is 55.3 Å². The predicted molar refractivity (Wildman–Crippen MR) is 101 cm³/mol. The van der Waals surface area contributed by atoms with Crippen LogP contribution in [0, 0.1) is 12.3 Å². The van der Waals surface area contributed by atoms with Gasteiger partial charge in [-0.3, -0.25) is 0 Å². The van der Waals surface area contributed by atoms with Gasteiger partial charge in [-0.15, -0.1) is 11.3 Å². The van der Waals surface area contributed by atoms with E-state index < -0.39 is 0 Å². The SMILES string of the molecule is Cc1cccc2c1N1Cc3sc4occc4c3C1C(C)(C)C2(C)C. The van der Waals surface area contributed by atoms with E-state index in [0.717, 1.165) is 11.4 Å². The molecule has 0 saturated carbocycles. The molecule has 4 heterocycles. The highest BCUT2D eigenvalue weighted by atomic mass is 32.1. The van der Waals surface area contributed by atoms with Crippen LogP contribution in [0.25, 0.3) is 10.3 Å². The zero-order valence-electron chi connectivity index (χ0n) is 14.9. The maximum absolute atomic E-state index is 5.71. The molecule has 0 saturated heterocycles. The van der Waals surface area contributed by atoms with Crippen molar-refractivity contribution < 1.29 is 4.42 Å². The summed E-state index contributed by atoms with van der Waals surface area (Å²) in [5, 5.41) is 1.32. The number of benzene rings is 1. The molecule has 3 aromatic rings. The van der Waals surface area contributed by atoms with Crippen LogP contribution in [0.2, 0.25) is 0 Å². The molecule has 2 nitrogen and oxygen atoms in total. The Kier molecular flexibility index (Phi) is 2.59. The van der Waals surface area contributed by atoms with Gasteiger partial charge in [0.1, 0.15) is 0 Å². The Bertz CT molecular complexity index is 975. The monoisotopic (exact) mass is 337 g/mol. The lowest BCUT2D eigenvalue weighted by Gasteiger charge is -2.55. The maximum Gasteiger partial charge on any atom is 0.188 e. The van der Waals surface area contributed by atoms with Crippen molar-refractivity contribution in [3.05, 3.63) is 52.1 Å². The minimum absolute atomic E-state index is 0.106. The van der Waals surface area contributed by atoms with Crippen LogP contribution in [0.5, 0.6) is 0 Å². The van der Waals surface area contributed by atoms with Crippen LogP contribution < -0.4 is 4.90 Å². The van der Waals surface area contributed by atoms with E-state index in [-0.39, 0.29) is 10.8 Å². The van der Waals surface area contributed by atoms with Gasteiger partial charge in [0.15, 0.2) is 4.90 Å². The molecule has 1 atom stereocenters. The number of thiophene rings is 1. The van der Waals surface area contributed by atoms with E-state index in [4.69, 9.17) is 4.42 Å². The third-order valence-corrected chi connectivity index (χ3v) is 7.92. The zero-order chi connectivity index (χ0) is 16.9. The summed E-state index contributed by atoms with van der Waals surface area (Å²) in [7, 11) is 0. The van der Waals surface area contributed by atoms with Crippen LogP contribution in [-0.2, 0) is 12.0 Å². The van der Waals surface area contributed by atoms with Gasteiger partial charge in [0.05, 0.1) is 18.8 Å². The smallest absolute Gasteiger partial charge is 0.188 e. The molecule has 124 valence electrons. The first kappa shape index (κ1) is 14.6. The molecule has 2 aliphatic rings. The lowest BCUT2D eigenvalue weighted by atomic mass is 9.57. The summed E-state index contributed by atoms with van der Waals surface area (Å²) in [5.41, 5.74) is 6.07. The number of furan rings is 1. The molecule has 0 spiro atoms. The molecule has 3 heteroatoms. The first-order chi connectivity index (χ1) is 11.3. The standard InChI is InChI=1S/C21H23NOS/c1-12-7-6-8-14-17(12)22-11-15-16(13-9-10-23-19(13)24-15)18(22)21(4,5)20(14,2)3/h6-10,18H,11H2,1-5H3. The van der Waals surface area contributed by atoms with Gasteiger partial charge in [-0.2, -0.15) is 0 Å². The van der Waals surface area contributed by atoms with Gasteiger partial charge >= 0.3 is 0 Å². The van der Waals surface area contributed by atoms with E-state index in [0.29, 0.717) is 6.04 Å². The Morgan fingerprint density at radius 2 is 1.96 bits per heavy atom. The summed E-state index contributed by atoms with van der Waals surface area (Å²) in [6.45, 7) is 13.0. The van der Waals surface area contributed by atoms with Crippen molar-refractivity contribution in [3.8, 4) is 0 Å². The van der Waals surface area contributed by atoms with Gasteiger partial charge in [-0.25, -0.2) is 0 Å². The van der Waals surface area contributed by atoms with E-state index in [1.54, 1.807) is 0 Å². The molecule has 24 heavy (non-hydrogen) atoms. The molecule has 1 unspecified atom stereocenters. The van der Waals surface area contributed by atoms with Crippen molar-refractivity contribution in [1.82, 2.24) is 0 Å². The number of hydrogen-bond donors (Lipinski definition) is 0. The number of fused-ring (bicyclic) bond motifs is 7. The Morgan fingerprint density at radius 3 is 2.75 bits per heavy atom. The second kappa shape index (κ2) is 4.26. The van der Waals surface area contributed by atoms with Crippen LogP contribution in [-0.4, -0.2) is 0 Å². The molecule has 2 aromatic heterocycles. The highest BCUT2D eigenvalue weighted by Gasteiger charge is 2.56. The second-order valence-corrected chi connectivity index (χ2v) is 9.48. The summed E-state index contributed by atoms with van der Waals surface area (Å²) in [6, 6.07) is 9.36. The molecule has 0 N–H and O–H groups in total. The van der Waals surface area contributed by atoms with E-state index in [9.17, 15) is 0 Å². The lowest BCUT2D eigenvalue weighted by molar-refractivity contribution is 0.138. The van der Waals surface area contributed by atoms with Crippen molar-refractivity contribution >= 4 is 27.3 Å². The first-order valence-corrected chi connectivity index (χ1v) is 9.51. The lowest BCUT2D eigenvalue weighted by Crippen LogP contribution is -2.51. The largest absolute Gasteiger partial charge is 0.454 e. The highest BCUT2D eigenvalue weighted by molar-refractivity contribution is 7.18. The van der Waals surface area contributed by atoms with Gasteiger partial charge < -0.3 is 9.32 Å². The van der Waals surface area contributed by atoms with Gasteiger partial charge in [0.2, 0.25) is 0 Å². The average molecular weight is 337 g/mol. The molecule has 2 aliphatic heterocycles. The van der Waals surface area contributed by atoms with E-state index in [1.165, 1.54) is 32.6 Å². The summed E-state index contributed by atoms with van der Waals surface area (Å²) >= 11 is 1.83. The number of para-hydroxylation sites is 1. The van der Waals surface area contributed by atoms with E-state index in [2.05, 4.69) is 63.8 Å². The predicted octanol–water partition coefficient (Wildman–Crippen LogP) is 6.18. The summed E-state index contributed by atoms with van der Waals surface area (Å²) in [5.74, 6) is 0. The third-order valence-electron chi connectivity index (χ3n) is 6.83. The number of hydrogen-bond acceptors (Lipinski definition) is 3. The Labute approximate surface area is 147 Å². The fraction of sp³-hybridized carbons (Fsp3) is 0.429. The molecule has 0 aliphatic carbocycles. The van der Waals surface area contributed by atoms with Gasteiger partial charge in [-0.1, -0.05) is 45.9 Å². The molecular weight excluding hydrogens is 314 g/mol. The summed E-state index contributed by atoms with van der Waals surface area (Å²) < 4.78 is 5.71. The van der Waals surface area contributed by atoms with Gasteiger partial charge in [0.25, 0.3) is 0 Å². The molecule has 1 aromatic carbocycles. The fourth-order valence-electron chi connectivity index (χ4n) is 4.90. The number of nitrogens with zero attached hydrogens (tertiary/aromatic N) is 1. The number of anilines is 1. The molecule has 0 amide bonds. The summed E-state index contributed by atoms with van der Waals surface area (Å²) in [4.78, 5) is 5.22. The fourth-order valence-corrected chi connectivity index (χ4v) is 6.05. The van der Waals surface area contributed by atoms with Crippen molar-refractivity contribution in [3.63, 3.8) is 0 Å². The van der Waals surface area contributed by atoms with Crippen LogP contribution in [0.3, 0.4) is 0 Å². The Morgan fingerprint density at radius 1 is 1.17 bits per heavy atom. The van der Waals surface area contributed by atoms with E-state index >= 15 is 0 Å². The number of aryl methyl sites for hydroxylation is 1. The second-order valence-electron chi connectivity index (χ2n) is 8.41. The maximum atomic E-state index is 5.71. The minimum Gasteiger partial charge on any atom is -0.454 e. The van der Waals surface area contributed by atoms with Gasteiger partial charge in [-0.05, 0) is 34.9 Å². The number of rotatable bonds is 0. The van der Waals surface area contributed by atoms with Crippen molar-refractivity contribution in [2.24, 2.45) is 5.41 Å². The van der Waals surface area contributed by atoms with Crippen LogP contribution >= 0.6 is 11.3 Å². The Hall–Kier alpha value is -1.74. The average Bonchev–Trinajstić information content (AvgIpc) is 3.15.